The van der Waals surface area contributed by atoms with Crippen molar-refractivity contribution in [2.45, 2.75) is 58.3 Å². The summed E-state index contributed by atoms with van der Waals surface area (Å²) in [5.74, 6) is -0.653. The molecule has 0 bridgehead atoms. The van der Waals surface area contributed by atoms with Crippen LogP contribution in [0.3, 0.4) is 0 Å². The number of halogens is 3. The Bertz CT molecular complexity index is 369. The maximum atomic E-state index is 12.4. The summed E-state index contributed by atoms with van der Waals surface area (Å²) in [5, 5.41) is 2.59. The summed E-state index contributed by atoms with van der Waals surface area (Å²) in [6.07, 6.45) is -4.68. The Morgan fingerprint density at radius 1 is 1.30 bits per heavy atom. The van der Waals surface area contributed by atoms with Crippen molar-refractivity contribution >= 4 is 11.8 Å². The van der Waals surface area contributed by atoms with Gasteiger partial charge in [0.25, 0.3) is 0 Å². The van der Waals surface area contributed by atoms with E-state index in [4.69, 9.17) is 0 Å². The Morgan fingerprint density at radius 3 is 2.35 bits per heavy atom. The Morgan fingerprint density at radius 2 is 1.90 bits per heavy atom. The number of alkyl halides is 3. The molecule has 1 aliphatic rings. The molecule has 1 fully saturated rings. The van der Waals surface area contributed by atoms with E-state index in [1.165, 1.54) is 0 Å². The van der Waals surface area contributed by atoms with Gasteiger partial charge in [0.2, 0.25) is 11.8 Å². The number of hydrogen-bond acceptors (Lipinski definition) is 2. The molecule has 7 heteroatoms. The SMILES string of the molecule is CCC1NC(=O)C(CC(C)C)N(CCC(F)(F)F)C1=O. The molecule has 20 heavy (non-hydrogen) atoms. The zero-order valence-electron chi connectivity index (χ0n) is 12.0. The van der Waals surface area contributed by atoms with Crippen molar-refractivity contribution in [2.75, 3.05) is 6.54 Å². The lowest BCUT2D eigenvalue weighted by Gasteiger charge is -2.39. The third kappa shape index (κ3) is 4.38. The van der Waals surface area contributed by atoms with Crippen LogP contribution in [0.5, 0.6) is 0 Å². The standard InChI is InChI=1S/C13H21F3N2O2/c1-4-9-12(20)18(6-5-13(14,15)16)10(7-8(2)3)11(19)17-9/h8-10H,4-7H2,1-3H3,(H,17,19). The van der Waals surface area contributed by atoms with Crippen LogP contribution in [0.1, 0.15) is 40.0 Å². The number of piperazine rings is 1. The van der Waals surface area contributed by atoms with Gasteiger partial charge < -0.3 is 10.2 Å². The van der Waals surface area contributed by atoms with Gasteiger partial charge in [0.1, 0.15) is 12.1 Å². The van der Waals surface area contributed by atoms with E-state index in [0.29, 0.717) is 12.8 Å². The molecule has 116 valence electrons. The monoisotopic (exact) mass is 294 g/mol. The van der Waals surface area contributed by atoms with Gasteiger partial charge >= 0.3 is 6.18 Å². The lowest BCUT2D eigenvalue weighted by molar-refractivity contribution is -0.158. The smallest absolute Gasteiger partial charge is 0.343 e. The molecule has 0 aromatic carbocycles. The van der Waals surface area contributed by atoms with Crippen molar-refractivity contribution in [2.24, 2.45) is 5.92 Å². The fourth-order valence-corrected chi connectivity index (χ4v) is 2.30. The number of amides is 2. The number of carbonyl (C=O) groups excluding carboxylic acids is 2. The highest BCUT2D eigenvalue weighted by atomic mass is 19.4. The quantitative estimate of drug-likeness (QED) is 0.844. The second-order valence-corrected chi connectivity index (χ2v) is 5.51. The van der Waals surface area contributed by atoms with Gasteiger partial charge in [0.05, 0.1) is 6.42 Å². The Hall–Kier alpha value is -1.27. The highest BCUT2D eigenvalue weighted by molar-refractivity contribution is 5.96. The van der Waals surface area contributed by atoms with Crippen LogP contribution in [0.15, 0.2) is 0 Å². The number of hydrogen-bond donors (Lipinski definition) is 1. The summed E-state index contributed by atoms with van der Waals surface area (Å²) in [4.78, 5) is 25.2. The topological polar surface area (TPSA) is 49.4 Å². The fraction of sp³-hybridized carbons (Fsp3) is 0.846. The van der Waals surface area contributed by atoms with Crippen LogP contribution >= 0.6 is 0 Å². The molecular weight excluding hydrogens is 273 g/mol. The number of nitrogens with zero attached hydrogens (tertiary/aromatic N) is 1. The molecule has 2 unspecified atom stereocenters. The van der Waals surface area contributed by atoms with Gasteiger partial charge in [-0.3, -0.25) is 9.59 Å². The van der Waals surface area contributed by atoms with Crippen molar-refractivity contribution in [1.82, 2.24) is 10.2 Å². The van der Waals surface area contributed by atoms with E-state index < -0.39 is 37.1 Å². The van der Waals surface area contributed by atoms with E-state index in [0.717, 1.165) is 4.90 Å². The first kappa shape index (κ1) is 16.8. The summed E-state index contributed by atoms with van der Waals surface area (Å²) < 4.78 is 37.1. The van der Waals surface area contributed by atoms with Crippen molar-refractivity contribution < 1.29 is 22.8 Å². The second kappa shape index (κ2) is 6.45. The van der Waals surface area contributed by atoms with E-state index >= 15 is 0 Å². The molecule has 0 radical (unpaired) electrons. The summed E-state index contributed by atoms with van der Waals surface area (Å²) in [5.41, 5.74) is 0. The van der Waals surface area contributed by atoms with Crippen LogP contribution in [0.4, 0.5) is 13.2 Å². The van der Waals surface area contributed by atoms with Crippen LogP contribution in [-0.4, -0.2) is 41.5 Å². The predicted octanol–water partition coefficient (Wildman–Crippen LogP) is 2.09. The molecule has 1 N–H and O–H groups in total. The summed E-state index contributed by atoms with van der Waals surface area (Å²) >= 11 is 0. The lowest BCUT2D eigenvalue weighted by atomic mass is 9.97. The van der Waals surface area contributed by atoms with E-state index in [1.54, 1.807) is 6.92 Å². The molecule has 4 nitrogen and oxygen atoms in total. The van der Waals surface area contributed by atoms with Crippen LogP contribution in [0, 0.1) is 5.92 Å². The molecule has 0 saturated carbocycles. The zero-order chi connectivity index (χ0) is 15.5. The minimum absolute atomic E-state index is 0.116. The molecule has 1 rings (SSSR count). The van der Waals surface area contributed by atoms with Gasteiger partial charge in [-0.2, -0.15) is 13.2 Å². The molecule has 2 atom stereocenters. The van der Waals surface area contributed by atoms with Gasteiger partial charge in [0, 0.05) is 6.54 Å². The van der Waals surface area contributed by atoms with Crippen molar-refractivity contribution in [3.05, 3.63) is 0 Å². The van der Waals surface area contributed by atoms with Gasteiger partial charge in [-0.05, 0) is 18.8 Å². The first-order valence-corrected chi connectivity index (χ1v) is 6.83. The highest BCUT2D eigenvalue weighted by Crippen LogP contribution is 2.24. The molecule has 1 heterocycles. The second-order valence-electron chi connectivity index (χ2n) is 5.51. The highest BCUT2D eigenvalue weighted by Gasteiger charge is 2.41. The largest absolute Gasteiger partial charge is 0.390 e. The predicted molar refractivity (Wildman–Crippen MR) is 67.8 cm³/mol. The minimum Gasteiger partial charge on any atom is -0.343 e. The van der Waals surface area contributed by atoms with Gasteiger partial charge in [-0.15, -0.1) is 0 Å². The maximum absolute atomic E-state index is 12.4. The van der Waals surface area contributed by atoms with E-state index in [2.05, 4.69) is 5.32 Å². The average molecular weight is 294 g/mol. The van der Waals surface area contributed by atoms with E-state index in [1.807, 2.05) is 13.8 Å². The molecule has 0 aromatic heterocycles. The van der Waals surface area contributed by atoms with Crippen LogP contribution in [0.25, 0.3) is 0 Å². The first-order valence-electron chi connectivity index (χ1n) is 6.83. The van der Waals surface area contributed by atoms with E-state index in [-0.39, 0.29) is 11.8 Å². The lowest BCUT2D eigenvalue weighted by Crippen LogP contribution is -2.63. The van der Waals surface area contributed by atoms with Gasteiger partial charge in [-0.25, -0.2) is 0 Å². The number of nitrogens with one attached hydrogen (secondary N) is 1. The third-order valence-corrected chi connectivity index (χ3v) is 3.32. The molecule has 0 aromatic rings. The third-order valence-electron chi connectivity index (χ3n) is 3.32. The Balaban J connectivity index is 2.88. The normalized spacial score (nSPS) is 24.2. The first-order chi connectivity index (χ1) is 9.15. The van der Waals surface area contributed by atoms with Crippen LogP contribution in [-0.2, 0) is 9.59 Å². The van der Waals surface area contributed by atoms with E-state index in [9.17, 15) is 22.8 Å². The van der Waals surface area contributed by atoms with Crippen LogP contribution in [0.2, 0.25) is 0 Å². The zero-order valence-corrected chi connectivity index (χ0v) is 12.0. The Kier molecular flexibility index (Phi) is 5.42. The summed E-state index contributed by atoms with van der Waals surface area (Å²) in [6, 6.07) is -1.51. The molecular formula is C13H21F3N2O2. The van der Waals surface area contributed by atoms with Crippen molar-refractivity contribution in [1.29, 1.82) is 0 Å². The average Bonchev–Trinajstić information content (AvgIpc) is 2.31. The van der Waals surface area contributed by atoms with Gasteiger partial charge in [-0.1, -0.05) is 20.8 Å². The van der Waals surface area contributed by atoms with Gasteiger partial charge in [0.15, 0.2) is 0 Å². The number of carbonyl (C=O) groups is 2. The molecule has 0 aliphatic carbocycles. The molecule has 2 amide bonds. The Labute approximate surface area is 116 Å². The van der Waals surface area contributed by atoms with Crippen molar-refractivity contribution in [3.63, 3.8) is 0 Å². The number of rotatable bonds is 5. The summed E-state index contributed by atoms with van der Waals surface area (Å²) in [6.45, 7) is 4.99. The maximum Gasteiger partial charge on any atom is 0.390 e. The summed E-state index contributed by atoms with van der Waals surface area (Å²) in [7, 11) is 0. The molecule has 1 aliphatic heterocycles. The van der Waals surface area contributed by atoms with Crippen LogP contribution < -0.4 is 5.32 Å². The minimum atomic E-state index is -4.34. The fourth-order valence-electron chi connectivity index (χ4n) is 2.30. The molecule has 0 spiro atoms. The van der Waals surface area contributed by atoms with Crippen molar-refractivity contribution in [3.8, 4) is 0 Å². The molecule has 1 saturated heterocycles.